The summed E-state index contributed by atoms with van der Waals surface area (Å²) in [7, 11) is 3.74. The molecule has 1 aromatic carbocycles. The number of carbonyl (C=O) groups excluding carboxylic acids is 1. The molecule has 0 bridgehead atoms. The number of hydrogen-bond donors (Lipinski definition) is 1. The molecule has 1 amide bonds. The number of nitrogens with one attached hydrogen (secondary N) is 1. The Bertz CT molecular complexity index is 478. The molecule has 0 aromatic heterocycles. The molecule has 0 saturated carbocycles. The molecule has 5 heteroatoms. The van der Waals surface area contributed by atoms with Crippen LogP contribution in [0.4, 0.5) is 11.4 Å². The van der Waals surface area contributed by atoms with Crippen LogP contribution in [-0.4, -0.2) is 52.9 Å². The molecule has 0 unspecified atom stereocenters. The standard InChI is InChI=1S/C16H25N3O2/c1-13-11-18(2)14-6-4-5-7-15(14)19(12-13)16(20)10-17-8-9-21-3/h4-7,13,17H,8-12H2,1-3H3/t13-/m1/s1. The van der Waals surface area contributed by atoms with E-state index in [0.717, 1.165) is 24.5 Å². The molecule has 5 nitrogen and oxygen atoms in total. The number of rotatable bonds is 5. The predicted molar refractivity (Wildman–Crippen MR) is 86.0 cm³/mol. The number of nitrogens with zero attached hydrogens (tertiary/aromatic N) is 2. The summed E-state index contributed by atoms with van der Waals surface area (Å²) in [5, 5.41) is 3.13. The number of para-hydroxylation sites is 2. The van der Waals surface area contributed by atoms with Crippen LogP contribution in [0.25, 0.3) is 0 Å². The van der Waals surface area contributed by atoms with Crippen molar-refractivity contribution < 1.29 is 9.53 Å². The average Bonchev–Trinajstić information content (AvgIpc) is 2.61. The Labute approximate surface area is 126 Å². The maximum Gasteiger partial charge on any atom is 0.241 e. The summed E-state index contributed by atoms with van der Waals surface area (Å²) in [5.41, 5.74) is 2.12. The van der Waals surface area contributed by atoms with Crippen LogP contribution in [0, 0.1) is 5.92 Å². The van der Waals surface area contributed by atoms with Gasteiger partial charge in [0.15, 0.2) is 0 Å². The molecular formula is C16H25N3O2. The first-order valence-electron chi connectivity index (χ1n) is 7.43. The molecule has 0 aliphatic carbocycles. The minimum absolute atomic E-state index is 0.112. The van der Waals surface area contributed by atoms with Crippen molar-refractivity contribution in [3.63, 3.8) is 0 Å². The second kappa shape index (κ2) is 7.43. The summed E-state index contributed by atoms with van der Waals surface area (Å²) in [6.07, 6.45) is 0. The molecule has 1 aromatic rings. The molecule has 0 fully saturated rings. The number of benzene rings is 1. The van der Waals surface area contributed by atoms with Gasteiger partial charge in [0, 0.05) is 33.8 Å². The number of amides is 1. The fourth-order valence-corrected chi connectivity index (χ4v) is 2.75. The van der Waals surface area contributed by atoms with Crippen molar-refractivity contribution in [3.05, 3.63) is 24.3 Å². The van der Waals surface area contributed by atoms with Crippen LogP contribution in [0.3, 0.4) is 0 Å². The molecular weight excluding hydrogens is 266 g/mol. The van der Waals surface area contributed by atoms with Crippen LogP contribution >= 0.6 is 0 Å². The normalized spacial score (nSPS) is 18.3. The summed E-state index contributed by atoms with van der Waals surface area (Å²) in [6.45, 7) is 5.54. The molecule has 1 N–H and O–H groups in total. The Morgan fingerprint density at radius 2 is 2.05 bits per heavy atom. The van der Waals surface area contributed by atoms with E-state index < -0.39 is 0 Å². The topological polar surface area (TPSA) is 44.8 Å². The Morgan fingerprint density at radius 1 is 1.33 bits per heavy atom. The maximum absolute atomic E-state index is 12.5. The first kappa shape index (κ1) is 15.8. The summed E-state index contributed by atoms with van der Waals surface area (Å²) in [6, 6.07) is 8.11. The highest BCUT2D eigenvalue weighted by atomic mass is 16.5. The van der Waals surface area contributed by atoms with Crippen molar-refractivity contribution in [1.82, 2.24) is 5.32 Å². The van der Waals surface area contributed by atoms with Gasteiger partial charge >= 0.3 is 0 Å². The largest absolute Gasteiger partial charge is 0.383 e. The Kier molecular flexibility index (Phi) is 5.59. The van der Waals surface area contributed by atoms with Crippen molar-refractivity contribution >= 4 is 17.3 Å². The van der Waals surface area contributed by atoms with Crippen molar-refractivity contribution in [1.29, 1.82) is 0 Å². The fourth-order valence-electron chi connectivity index (χ4n) is 2.75. The number of ether oxygens (including phenoxy) is 1. The number of carbonyl (C=O) groups is 1. The van der Waals surface area contributed by atoms with Gasteiger partial charge in [0.1, 0.15) is 0 Å². The van der Waals surface area contributed by atoms with E-state index >= 15 is 0 Å². The van der Waals surface area contributed by atoms with Crippen LogP contribution in [0.2, 0.25) is 0 Å². The SMILES string of the molecule is COCCNCC(=O)N1C[C@H](C)CN(C)c2ccccc21. The van der Waals surface area contributed by atoms with Gasteiger partial charge in [0.25, 0.3) is 0 Å². The molecule has 0 spiro atoms. The van der Waals surface area contributed by atoms with Crippen molar-refractivity contribution in [3.8, 4) is 0 Å². The highest BCUT2D eigenvalue weighted by Crippen LogP contribution is 2.32. The molecule has 116 valence electrons. The fraction of sp³-hybridized carbons (Fsp3) is 0.562. The van der Waals surface area contributed by atoms with Crippen LogP contribution in [0.15, 0.2) is 24.3 Å². The van der Waals surface area contributed by atoms with E-state index in [9.17, 15) is 4.79 Å². The lowest BCUT2D eigenvalue weighted by atomic mass is 10.1. The van der Waals surface area contributed by atoms with Gasteiger partial charge in [-0.3, -0.25) is 4.79 Å². The lowest BCUT2D eigenvalue weighted by Crippen LogP contribution is -2.41. The summed E-state index contributed by atoms with van der Waals surface area (Å²) >= 11 is 0. The molecule has 2 rings (SSSR count). The van der Waals surface area contributed by atoms with Crippen molar-refractivity contribution in [2.24, 2.45) is 5.92 Å². The van der Waals surface area contributed by atoms with Crippen LogP contribution in [-0.2, 0) is 9.53 Å². The third-order valence-electron chi connectivity index (χ3n) is 3.72. The molecule has 21 heavy (non-hydrogen) atoms. The van der Waals surface area contributed by atoms with Gasteiger partial charge in [0.2, 0.25) is 5.91 Å². The minimum Gasteiger partial charge on any atom is -0.383 e. The number of anilines is 2. The Hall–Kier alpha value is -1.59. The van der Waals surface area contributed by atoms with E-state index in [-0.39, 0.29) is 5.91 Å². The van der Waals surface area contributed by atoms with Crippen molar-refractivity contribution in [2.75, 3.05) is 56.7 Å². The van der Waals surface area contributed by atoms with Gasteiger partial charge in [0.05, 0.1) is 24.5 Å². The highest BCUT2D eigenvalue weighted by molar-refractivity contribution is 5.98. The third-order valence-corrected chi connectivity index (χ3v) is 3.72. The molecule has 0 radical (unpaired) electrons. The molecule has 1 atom stereocenters. The zero-order valence-electron chi connectivity index (χ0n) is 13.1. The van der Waals surface area contributed by atoms with Crippen LogP contribution < -0.4 is 15.1 Å². The number of hydrogen-bond acceptors (Lipinski definition) is 4. The first-order chi connectivity index (χ1) is 10.1. The number of fused-ring (bicyclic) bond motifs is 1. The minimum atomic E-state index is 0.112. The lowest BCUT2D eigenvalue weighted by Gasteiger charge is -2.24. The third kappa shape index (κ3) is 3.95. The van der Waals surface area contributed by atoms with Gasteiger partial charge < -0.3 is 19.9 Å². The first-order valence-corrected chi connectivity index (χ1v) is 7.43. The number of methoxy groups -OCH3 is 1. The lowest BCUT2D eigenvalue weighted by molar-refractivity contribution is -0.117. The van der Waals surface area contributed by atoms with Gasteiger partial charge in [-0.25, -0.2) is 0 Å². The van der Waals surface area contributed by atoms with Gasteiger partial charge in [-0.1, -0.05) is 19.1 Å². The van der Waals surface area contributed by atoms with Crippen LogP contribution in [0.1, 0.15) is 6.92 Å². The summed E-state index contributed by atoms with van der Waals surface area (Å²) in [4.78, 5) is 16.7. The van der Waals surface area contributed by atoms with E-state index in [1.54, 1.807) is 7.11 Å². The Morgan fingerprint density at radius 3 is 2.76 bits per heavy atom. The molecule has 0 saturated heterocycles. The summed E-state index contributed by atoms with van der Waals surface area (Å²) in [5.74, 6) is 0.547. The average molecular weight is 291 g/mol. The van der Waals surface area contributed by atoms with Gasteiger partial charge in [-0.2, -0.15) is 0 Å². The van der Waals surface area contributed by atoms with Crippen molar-refractivity contribution in [2.45, 2.75) is 6.92 Å². The van der Waals surface area contributed by atoms with E-state index in [2.05, 4.69) is 30.3 Å². The van der Waals surface area contributed by atoms with E-state index in [1.165, 1.54) is 0 Å². The quantitative estimate of drug-likeness (QED) is 0.832. The maximum atomic E-state index is 12.5. The monoisotopic (exact) mass is 291 g/mol. The second-order valence-electron chi connectivity index (χ2n) is 5.65. The van der Waals surface area contributed by atoms with E-state index in [1.807, 2.05) is 23.1 Å². The zero-order chi connectivity index (χ0) is 15.2. The van der Waals surface area contributed by atoms with E-state index in [4.69, 9.17) is 4.74 Å². The zero-order valence-corrected chi connectivity index (χ0v) is 13.1. The molecule has 1 heterocycles. The predicted octanol–water partition coefficient (Wildman–Crippen LogP) is 1.34. The molecule has 1 aliphatic heterocycles. The molecule has 1 aliphatic rings. The Balaban J connectivity index is 2.13. The highest BCUT2D eigenvalue weighted by Gasteiger charge is 2.25. The van der Waals surface area contributed by atoms with Gasteiger partial charge in [-0.15, -0.1) is 0 Å². The second-order valence-corrected chi connectivity index (χ2v) is 5.65. The summed E-state index contributed by atoms with van der Waals surface area (Å²) < 4.78 is 4.98. The van der Waals surface area contributed by atoms with E-state index in [0.29, 0.717) is 25.6 Å². The van der Waals surface area contributed by atoms with Crippen LogP contribution in [0.5, 0.6) is 0 Å². The van der Waals surface area contributed by atoms with Gasteiger partial charge in [-0.05, 0) is 18.1 Å². The smallest absolute Gasteiger partial charge is 0.241 e.